The average molecular weight is 107 g/mol. The molecule has 3 nitrogen and oxygen atoms in total. The van der Waals surface area contributed by atoms with Crippen LogP contribution in [0.2, 0.25) is 0 Å². The molecule has 0 saturated carbocycles. The molecule has 0 atom stereocenters. The Morgan fingerprint density at radius 1 is 1.83 bits per heavy atom. The lowest BCUT2D eigenvalue weighted by molar-refractivity contribution is 0.322. The number of aliphatic hydroxyl groups excluding tert-OH is 1. The smallest absolute Gasteiger partial charge is 0.0541 e. The Morgan fingerprint density at radius 3 is 2.67 bits per heavy atom. The van der Waals surface area contributed by atoms with Crippen LogP contribution in [0.1, 0.15) is 0 Å². The molecule has 1 N–H and O–H groups in total. The highest BCUT2D eigenvalue weighted by molar-refractivity contribution is 7.97. The lowest BCUT2D eigenvalue weighted by atomic mass is 10.9. The molecule has 0 heterocycles. The molecule has 0 aromatic heterocycles. The molecule has 0 aliphatic heterocycles. The third kappa shape index (κ3) is 3.91. The van der Waals surface area contributed by atoms with E-state index in [-0.39, 0.29) is 6.61 Å². The minimum atomic E-state index is 0.0242. The second kappa shape index (κ2) is 4.91. The van der Waals surface area contributed by atoms with Crippen molar-refractivity contribution < 1.29 is 5.11 Å². The summed E-state index contributed by atoms with van der Waals surface area (Å²) in [5.74, 6) is 0.406. The van der Waals surface area contributed by atoms with Gasteiger partial charge in [0.05, 0.1) is 6.61 Å². The van der Waals surface area contributed by atoms with Crippen LogP contribution in [0.25, 0.3) is 0 Å². The third-order valence-electron chi connectivity index (χ3n) is 0.235. The zero-order chi connectivity index (χ0) is 4.83. The highest BCUT2D eigenvalue weighted by Crippen LogP contribution is 1.95. The van der Waals surface area contributed by atoms with Crippen LogP contribution in [0.15, 0.2) is 4.58 Å². The van der Waals surface area contributed by atoms with Gasteiger partial charge in [-0.15, -0.1) is 4.91 Å². The monoisotopic (exact) mass is 107 g/mol. The molecule has 6 heavy (non-hydrogen) atoms. The largest absolute Gasteiger partial charge is 0.395 e. The van der Waals surface area contributed by atoms with E-state index in [9.17, 15) is 0 Å². The zero-order valence-corrected chi connectivity index (χ0v) is 3.94. The summed E-state index contributed by atoms with van der Waals surface area (Å²) in [6.07, 6.45) is 0. The second-order valence-electron chi connectivity index (χ2n) is 0.631. The van der Waals surface area contributed by atoms with E-state index in [1.165, 1.54) is 0 Å². The first-order valence-electron chi connectivity index (χ1n) is 1.47. The van der Waals surface area contributed by atoms with E-state index in [4.69, 9.17) is 10.0 Å². The van der Waals surface area contributed by atoms with Gasteiger partial charge in [0.2, 0.25) is 0 Å². The first-order valence-corrected chi connectivity index (χ1v) is 2.41. The van der Waals surface area contributed by atoms with Crippen molar-refractivity contribution in [3.63, 3.8) is 0 Å². The van der Waals surface area contributed by atoms with E-state index in [2.05, 4.69) is 4.58 Å². The predicted octanol–water partition coefficient (Wildman–Crippen LogP) is 0.393. The molecule has 0 amide bonds. The van der Waals surface area contributed by atoms with Gasteiger partial charge in [-0.05, 0) is 0 Å². The van der Waals surface area contributed by atoms with Crippen LogP contribution in [-0.4, -0.2) is 17.5 Å². The maximum absolute atomic E-state index is 9.17. The Bertz CT molecular complexity index is 40.5. The third-order valence-corrected chi connectivity index (χ3v) is 0.706. The van der Waals surface area contributed by atoms with Crippen molar-refractivity contribution in [3.8, 4) is 0 Å². The Labute approximate surface area is 39.9 Å². The van der Waals surface area contributed by atoms with Crippen LogP contribution >= 0.6 is 11.9 Å². The summed E-state index contributed by atoms with van der Waals surface area (Å²) in [6.45, 7) is 0.0242. The molecule has 0 bridgehead atoms. The highest BCUT2D eigenvalue weighted by Gasteiger charge is 1.77. The van der Waals surface area contributed by atoms with Gasteiger partial charge in [-0.1, -0.05) is 0 Å². The SMILES string of the molecule is O=NSCCO. The number of hydrogen-bond acceptors (Lipinski definition) is 4. The Morgan fingerprint density at radius 2 is 2.50 bits per heavy atom. The molecular weight excluding hydrogens is 102 g/mol. The summed E-state index contributed by atoms with van der Waals surface area (Å²) in [6, 6.07) is 0. The first-order chi connectivity index (χ1) is 2.91. The van der Waals surface area contributed by atoms with E-state index in [0.717, 1.165) is 11.9 Å². The maximum Gasteiger partial charge on any atom is 0.0541 e. The van der Waals surface area contributed by atoms with Gasteiger partial charge in [0.15, 0.2) is 0 Å². The molecule has 0 aliphatic rings. The lowest BCUT2D eigenvalue weighted by Crippen LogP contribution is -1.80. The number of rotatable bonds is 3. The predicted molar refractivity (Wildman–Crippen MR) is 25.3 cm³/mol. The van der Waals surface area contributed by atoms with Crippen LogP contribution in [0.3, 0.4) is 0 Å². The summed E-state index contributed by atoms with van der Waals surface area (Å²) < 4.78 is 2.43. The van der Waals surface area contributed by atoms with Crippen LogP contribution < -0.4 is 0 Å². The van der Waals surface area contributed by atoms with E-state index in [0.29, 0.717) is 5.75 Å². The molecule has 0 spiro atoms. The van der Waals surface area contributed by atoms with E-state index < -0.39 is 0 Å². The molecule has 4 heteroatoms. The standard InChI is InChI=1S/C2H5NO2S/c4-1-2-6-3-5/h4H,1-2H2. The van der Waals surface area contributed by atoms with Crippen LogP contribution in [-0.2, 0) is 0 Å². The minimum Gasteiger partial charge on any atom is -0.395 e. The summed E-state index contributed by atoms with van der Waals surface area (Å²) in [5.41, 5.74) is 0. The van der Waals surface area contributed by atoms with Gasteiger partial charge in [0.25, 0.3) is 0 Å². The van der Waals surface area contributed by atoms with Gasteiger partial charge < -0.3 is 5.11 Å². The van der Waals surface area contributed by atoms with Gasteiger partial charge in [-0.2, -0.15) is 0 Å². The van der Waals surface area contributed by atoms with Gasteiger partial charge in [0, 0.05) is 22.3 Å². The van der Waals surface area contributed by atoms with Crippen molar-refractivity contribution in [1.82, 2.24) is 0 Å². The summed E-state index contributed by atoms with van der Waals surface area (Å²) in [4.78, 5) is 9.17. The van der Waals surface area contributed by atoms with Crippen LogP contribution in [0, 0.1) is 4.91 Å². The summed E-state index contributed by atoms with van der Waals surface area (Å²) >= 11 is 0.828. The topological polar surface area (TPSA) is 49.7 Å². The van der Waals surface area contributed by atoms with Crippen molar-refractivity contribution in [1.29, 1.82) is 0 Å². The minimum absolute atomic E-state index is 0.0242. The Kier molecular flexibility index (Phi) is 4.84. The fourth-order valence-electron chi connectivity index (χ4n) is 0.0781. The number of aliphatic hydroxyl groups is 1. The van der Waals surface area contributed by atoms with Gasteiger partial charge in [-0.3, -0.25) is 0 Å². The highest BCUT2D eigenvalue weighted by atomic mass is 32.2. The molecule has 0 aromatic rings. The first kappa shape index (κ1) is 5.91. The van der Waals surface area contributed by atoms with Crippen molar-refractivity contribution in [2.24, 2.45) is 4.58 Å². The number of nitrogens with zero attached hydrogens (tertiary/aromatic N) is 1. The van der Waals surface area contributed by atoms with Crippen molar-refractivity contribution in [2.75, 3.05) is 12.4 Å². The molecule has 36 valence electrons. The molecule has 0 aliphatic carbocycles. The zero-order valence-electron chi connectivity index (χ0n) is 3.13. The molecule has 0 aromatic carbocycles. The van der Waals surface area contributed by atoms with E-state index in [1.54, 1.807) is 0 Å². The molecule has 0 fully saturated rings. The molecular formula is C2H5NO2S. The Balaban J connectivity index is 2.49. The fourth-order valence-corrected chi connectivity index (χ4v) is 0.234. The van der Waals surface area contributed by atoms with Gasteiger partial charge >= 0.3 is 0 Å². The average Bonchev–Trinajstić information content (AvgIpc) is 1.61. The van der Waals surface area contributed by atoms with Crippen molar-refractivity contribution in [3.05, 3.63) is 4.91 Å². The maximum atomic E-state index is 9.17. The van der Waals surface area contributed by atoms with Crippen molar-refractivity contribution in [2.45, 2.75) is 0 Å². The number of nitroso groups, excluding NO2 is 1. The molecule has 0 saturated heterocycles. The normalized spacial score (nSPS) is 8.17. The van der Waals surface area contributed by atoms with Gasteiger partial charge in [-0.25, -0.2) is 0 Å². The molecule has 0 radical (unpaired) electrons. The second-order valence-corrected chi connectivity index (χ2v) is 1.45. The van der Waals surface area contributed by atoms with Crippen molar-refractivity contribution >= 4 is 11.9 Å². The quantitative estimate of drug-likeness (QED) is 0.322. The fraction of sp³-hybridized carbons (Fsp3) is 1.00. The summed E-state index contributed by atoms with van der Waals surface area (Å²) in [5, 5.41) is 7.98. The van der Waals surface area contributed by atoms with E-state index >= 15 is 0 Å². The number of hydrogen-bond donors (Lipinski definition) is 1. The lowest BCUT2D eigenvalue weighted by Gasteiger charge is -1.77. The summed E-state index contributed by atoms with van der Waals surface area (Å²) in [7, 11) is 0. The van der Waals surface area contributed by atoms with E-state index in [1.807, 2.05) is 0 Å². The molecule has 0 unspecified atom stereocenters. The van der Waals surface area contributed by atoms with Gasteiger partial charge in [0.1, 0.15) is 0 Å². The molecule has 0 rings (SSSR count). The van der Waals surface area contributed by atoms with Crippen LogP contribution in [0.4, 0.5) is 0 Å². The Hall–Kier alpha value is -0.0900. The van der Waals surface area contributed by atoms with Crippen LogP contribution in [0.5, 0.6) is 0 Å².